The summed E-state index contributed by atoms with van der Waals surface area (Å²) in [6.45, 7) is 1.91. The number of pyridine rings is 1. The van der Waals surface area contributed by atoms with Crippen LogP contribution in [0, 0.1) is 6.92 Å². The van der Waals surface area contributed by atoms with E-state index in [-0.39, 0.29) is 0 Å². The van der Waals surface area contributed by atoms with Crippen LogP contribution in [0.25, 0.3) is 0 Å². The van der Waals surface area contributed by atoms with E-state index in [4.69, 9.17) is 11.6 Å². The highest BCUT2D eigenvalue weighted by Crippen LogP contribution is 2.15. The summed E-state index contributed by atoms with van der Waals surface area (Å²) in [4.78, 5) is 12.2. The Kier molecular flexibility index (Phi) is 2.78. The van der Waals surface area contributed by atoms with Gasteiger partial charge in [-0.25, -0.2) is 9.97 Å². The standard InChI is InChI=1S/C10H9ClN4/c1-7-8(3-2-5-12-7)14-10-13-6-4-9(11)15-10/h2-6H,1H3,(H,13,14,15). The lowest BCUT2D eigenvalue weighted by Crippen LogP contribution is -1.99. The van der Waals surface area contributed by atoms with Crippen LogP contribution in [0.1, 0.15) is 5.69 Å². The molecule has 2 heterocycles. The van der Waals surface area contributed by atoms with Crippen molar-refractivity contribution in [3.8, 4) is 0 Å². The van der Waals surface area contributed by atoms with Crippen LogP contribution in [0.4, 0.5) is 11.6 Å². The van der Waals surface area contributed by atoms with Gasteiger partial charge < -0.3 is 5.32 Å². The van der Waals surface area contributed by atoms with Crippen molar-refractivity contribution in [2.45, 2.75) is 6.92 Å². The van der Waals surface area contributed by atoms with E-state index in [2.05, 4.69) is 20.3 Å². The topological polar surface area (TPSA) is 50.7 Å². The van der Waals surface area contributed by atoms with Gasteiger partial charge in [0.15, 0.2) is 0 Å². The van der Waals surface area contributed by atoms with Gasteiger partial charge in [0.05, 0.1) is 11.4 Å². The first-order chi connectivity index (χ1) is 7.25. The SMILES string of the molecule is Cc1ncccc1Nc1nccc(Cl)n1. The molecule has 0 bridgehead atoms. The molecule has 0 aliphatic carbocycles. The van der Waals surface area contributed by atoms with Gasteiger partial charge in [0.1, 0.15) is 5.15 Å². The van der Waals surface area contributed by atoms with Gasteiger partial charge >= 0.3 is 0 Å². The third kappa shape index (κ3) is 2.41. The predicted molar refractivity (Wildman–Crippen MR) is 59.3 cm³/mol. The van der Waals surface area contributed by atoms with Gasteiger partial charge in [0.25, 0.3) is 0 Å². The Morgan fingerprint density at radius 3 is 2.80 bits per heavy atom. The third-order valence-corrected chi connectivity index (χ3v) is 2.09. The molecule has 4 nitrogen and oxygen atoms in total. The first-order valence-corrected chi connectivity index (χ1v) is 4.81. The van der Waals surface area contributed by atoms with Gasteiger partial charge in [0.2, 0.25) is 5.95 Å². The lowest BCUT2D eigenvalue weighted by molar-refractivity contribution is 1.14. The summed E-state index contributed by atoms with van der Waals surface area (Å²) in [5.74, 6) is 0.471. The minimum Gasteiger partial charge on any atom is -0.323 e. The molecule has 76 valence electrons. The van der Waals surface area contributed by atoms with Crippen LogP contribution in [0.5, 0.6) is 0 Å². The molecule has 0 fully saturated rings. The second kappa shape index (κ2) is 4.23. The van der Waals surface area contributed by atoms with Crippen molar-refractivity contribution in [2.24, 2.45) is 0 Å². The second-order valence-corrected chi connectivity index (χ2v) is 3.35. The van der Waals surface area contributed by atoms with Crippen molar-refractivity contribution in [1.29, 1.82) is 0 Å². The Morgan fingerprint density at radius 2 is 2.07 bits per heavy atom. The molecule has 0 radical (unpaired) electrons. The first-order valence-electron chi connectivity index (χ1n) is 4.43. The van der Waals surface area contributed by atoms with Crippen LogP contribution >= 0.6 is 11.6 Å². The largest absolute Gasteiger partial charge is 0.323 e. The molecule has 5 heteroatoms. The van der Waals surface area contributed by atoms with E-state index in [0.717, 1.165) is 11.4 Å². The molecule has 15 heavy (non-hydrogen) atoms. The molecule has 0 aliphatic rings. The lowest BCUT2D eigenvalue weighted by atomic mass is 10.3. The Morgan fingerprint density at radius 1 is 1.20 bits per heavy atom. The van der Waals surface area contributed by atoms with Crippen LogP contribution in [0.15, 0.2) is 30.6 Å². The molecule has 2 rings (SSSR count). The zero-order chi connectivity index (χ0) is 10.7. The smallest absolute Gasteiger partial charge is 0.228 e. The predicted octanol–water partition coefficient (Wildman–Crippen LogP) is 2.58. The monoisotopic (exact) mass is 220 g/mol. The molecule has 0 saturated carbocycles. The average Bonchev–Trinajstić information content (AvgIpc) is 2.22. The zero-order valence-electron chi connectivity index (χ0n) is 8.11. The number of rotatable bonds is 2. The summed E-state index contributed by atoms with van der Waals surface area (Å²) in [5, 5.41) is 3.45. The van der Waals surface area contributed by atoms with Crippen molar-refractivity contribution in [1.82, 2.24) is 15.0 Å². The third-order valence-electron chi connectivity index (χ3n) is 1.87. The number of aryl methyl sites for hydroxylation is 1. The number of hydrogen-bond donors (Lipinski definition) is 1. The van der Waals surface area contributed by atoms with E-state index < -0.39 is 0 Å². The molecule has 2 aromatic heterocycles. The van der Waals surface area contributed by atoms with E-state index >= 15 is 0 Å². The van der Waals surface area contributed by atoms with Crippen LogP contribution in [-0.2, 0) is 0 Å². The average molecular weight is 221 g/mol. The fraction of sp³-hybridized carbons (Fsp3) is 0.100. The van der Waals surface area contributed by atoms with Gasteiger partial charge in [-0.1, -0.05) is 11.6 Å². The first kappa shape index (κ1) is 9.86. The number of nitrogens with zero attached hydrogens (tertiary/aromatic N) is 3. The van der Waals surface area contributed by atoms with Crippen molar-refractivity contribution >= 4 is 23.2 Å². The van der Waals surface area contributed by atoms with Crippen molar-refractivity contribution in [2.75, 3.05) is 5.32 Å². The van der Waals surface area contributed by atoms with Crippen molar-refractivity contribution in [3.63, 3.8) is 0 Å². The van der Waals surface area contributed by atoms with Crippen LogP contribution < -0.4 is 5.32 Å². The molecule has 2 aromatic rings. The molecule has 0 aromatic carbocycles. The van der Waals surface area contributed by atoms with Gasteiger partial charge in [-0.05, 0) is 25.1 Å². The van der Waals surface area contributed by atoms with Crippen LogP contribution in [0.3, 0.4) is 0 Å². The van der Waals surface area contributed by atoms with Gasteiger partial charge in [-0.15, -0.1) is 0 Å². The molecule has 0 saturated heterocycles. The molecular formula is C10H9ClN4. The molecule has 0 unspecified atom stereocenters. The highest BCUT2D eigenvalue weighted by atomic mass is 35.5. The normalized spacial score (nSPS) is 10.0. The van der Waals surface area contributed by atoms with E-state index in [1.165, 1.54) is 0 Å². The molecule has 0 amide bonds. The zero-order valence-corrected chi connectivity index (χ0v) is 8.86. The fourth-order valence-corrected chi connectivity index (χ4v) is 1.27. The number of hydrogen-bond acceptors (Lipinski definition) is 4. The Bertz CT molecular complexity index is 472. The van der Waals surface area contributed by atoms with E-state index in [1.807, 2.05) is 19.1 Å². The molecule has 0 aliphatic heterocycles. The minimum absolute atomic E-state index is 0.411. The summed E-state index contributed by atoms with van der Waals surface area (Å²) in [7, 11) is 0. The van der Waals surface area contributed by atoms with Gasteiger partial charge in [0, 0.05) is 12.4 Å². The Labute approximate surface area is 92.4 Å². The van der Waals surface area contributed by atoms with Crippen molar-refractivity contribution < 1.29 is 0 Å². The highest BCUT2D eigenvalue weighted by molar-refractivity contribution is 6.29. The maximum atomic E-state index is 5.74. The fourth-order valence-electron chi connectivity index (χ4n) is 1.13. The molecule has 0 spiro atoms. The second-order valence-electron chi connectivity index (χ2n) is 2.96. The Hall–Kier alpha value is -1.68. The minimum atomic E-state index is 0.411. The summed E-state index contributed by atoms with van der Waals surface area (Å²) in [6.07, 6.45) is 3.34. The Balaban J connectivity index is 2.26. The quantitative estimate of drug-likeness (QED) is 0.791. The summed E-state index contributed by atoms with van der Waals surface area (Å²) in [6, 6.07) is 5.38. The molecule has 1 N–H and O–H groups in total. The van der Waals surface area contributed by atoms with E-state index in [1.54, 1.807) is 18.5 Å². The summed E-state index contributed by atoms with van der Waals surface area (Å²) < 4.78 is 0. The maximum absolute atomic E-state index is 5.74. The van der Waals surface area contributed by atoms with Gasteiger partial charge in [-0.3, -0.25) is 4.98 Å². The van der Waals surface area contributed by atoms with E-state index in [9.17, 15) is 0 Å². The maximum Gasteiger partial charge on any atom is 0.228 e. The molecular weight excluding hydrogens is 212 g/mol. The number of aromatic nitrogens is 3. The number of halogens is 1. The van der Waals surface area contributed by atoms with Crippen LogP contribution in [-0.4, -0.2) is 15.0 Å². The van der Waals surface area contributed by atoms with Crippen LogP contribution in [0.2, 0.25) is 5.15 Å². The number of nitrogens with one attached hydrogen (secondary N) is 1. The number of anilines is 2. The van der Waals surface area contributed by atoms with E-state index in [0.29, 0.717) is 11.1 Å². The van der Waals surface area contributed by atoms with Crippen molar-refractivity contribution in [3.05, 3.63) is 41.4 Å². The summed E-state index contributed by atoms with van der Waals surface area (Å²) in [5.41, 5.74) is 1.76. The summed E-state index contributed by atoms with van der Waals surface area (Å²) >= 11 is 5.74. The van der Waals surface area contributed by atoms with Gasteiger partial charge in [-0.2, -0.15) is 0 Å². The molecule has 0 atom stereocenters. The lowest BCUT2D eigenvalue weighted by Gasteiger charge is -2.06. The highest BCUT2D eigenvalue weighted by Gasteiger charge is 2.01.